The van der Waals surface area contributed by atoms with Crippen LogP contribution < -0.4 is 0 Å². The Balaban J connectivity index is 3.17. The summed E-state index contributed by atoms with van der Waals surface area (Å²) < 4.78 is 48.2. The van der Waals surface area contributed by atoms with E-state index in [0.717, 1.165) is 6.42 Å². The van der Waals surface area contributed by atoms with Crippen LogP contribution in [0.1, 0.15) is 40.5 Å². The molecule has 1 unspecified atom stereocenters. The molecule has 0 heterocycles. The summed E-state index contributed by atoms with van der Waals surface area (Å²) in [5.74, 6) is 0.139. The molecule has 228 valence electrons. The minimum absolute atomic E-state index is 0.0246. The second-order valence-corrected chi connectivity index (χ2v) is 9.92. The molecular formula is C27H54O11. The Kier molecular flexibility index (Phi) is 27.0. The van der Waals surface area contributed by atoms with Crippen molar-refractivity contribution < 1.29 is 52.5 Å². The van der Waals surface area contributed by atoms with Crippen molar-refractivity contribution in [3.05, 3.63) is 0 Å². The molecule has 0 bridgehead atoms. The van der Waals surface area contributed by atoms with Crippen molar-refractivity contribution in [1.29, 1.82) is 0 Å². The molecule has 0 saturated carbocycles. The number of aliphatic hydroxyl groups excluding tert-OH is 1. The van der Waals surface area contributed by atoms with Crippen LogP contribution in [-0.4, -0.2) is 130 Å². The topological polar surface area (TPSA) is 120 Å². The molecule has 0 aliphatic carbocycles. The van der Waals surface area contributed by atoms with Gasteiger partial charge in [-0.2, -0.15) is 0 Å². The summed E-state index contributed by atoms with van der Waals surface area (Å²) in [6.07, 6.45) is 1.43. The molecule has 0 radical (unpaired) electrons. The lowest BCUT2D eigenvalue weighted by molar-refractivity contribution is -0.146. The normalized spacial score (nSPS) is 12.7. The van der Waals surface area contributed by atoms with Gasteiger partial charge in [-0.05, 0) is 17.8 Å². The van der Waals surface area contributed by atoms with E-state index in [1.54, 1.807) is 0 Å². The van der Waals surface area contributed by atoms with Gasteiger partial charge < -0.3 is 47.7 Å². The van der Waals surface area contributed by atoms with Crippen LogP contribution in [0.15, 0.2) is 0 Å². The largest absolute Gasteiger partial charge is 0.463 e. The molecular weight excluding hydrogens is 500 g/mol. The van der Waals surface area contributed by atoms with Gasteiger partial charge in [0.05, 0.1) is 112 Å². The average molecular weight is 555 g/mol. The fourth-order valence-corrected chi connectivity index (χ4v) is 3.38. The lowest BCUT2D eigenvalue weighted by atomic mass is 9.84. The second-order valence-electron chi connectivity index (χ2n) is 9.92. The number of rotatable bonds is 29. The van der Waals surface area contributed by atoms with E-state index in [-0.39, 0.29) is 24.6 Å². The molecule has 0 amide bonds. The minimum Gasteiger partial charge on any atom is -0.463 e. The SMILES string of the molecule is CC(CC(=O)OCCOCCOCCOCCOCCOCCOCCOCCOCCO)CC(C)(C)C. The maximum absolute atomic E-state index is 11.8. The standard InChI is InChI=1S/C27H54O11/c1-25(24-27(2,3)4)23-26(29)38-22-21-37-20-19-36-18-17-35-16-15-34-14-13-33-12-11-32-10-9-31-8-7-30-6-5-28/h25,28H,5-24H2,1-4H3. The van der Waals surface area contributed by atoms with Gasteiger partial charge in [0.25, 0.3) is 0 Å². The van der Waals surface area contributed by atoms with Crippen LogP contribution >= 0.6 is 0 Å². The van der Waals surface area contributed by atoms with Crippen LogP contribution in [0.5, 0.6) is 0 Å². The quantitative estimate of drug-likeness (QED) is 0.108. The summed E-state index contributed by atoms with van der Waals surface area (Å²) in [5, 5.41) is 8.56. The molecule has 0 aliphatic heterocycles. The zero-order valence-corrected chi connectivity index (χ0v) is 24.2. The Bertz CT molecular complexity index is 500. The predicted molar refractivity (Wildman–Crippen MR) is 142 cm³/mol. The zero-order chi connectivity index (χ0) is 28.2. The van der Waals surface area contributed by atoms with Gasteiger partial charge >= 0.3 is 5.97 Å². The monoisotopic (exact) mass is 554 g/mol. The molecule has 0 aromatic heterocycles. The van der Waals surface area contributed by atoms with E-state index in [1.807, 2.05) is 0 Å². The fraction of sp³-hybridized carbons (Fsp3) is 0.963. The summed E-state index contributed by atoms with van der Waals surface area (Å²) >= 11 is 0. The fourth-order valence-electron chi connectivity index (χ4n) is 3.38. The molecule has 0 aromatic carbocycles. The Morgan fingerprint density at radius 2 is 0.842 bits per heavy atom. The van der Waals surface area contributed by atoms with Gasteiger partial charge in [-0.1, -0.05) is 27.7 Å². The highest BCUT2D eigenvalue weighted by Crippen LogP contribution is 2.26. The highest BCUT2D eigenvalue weighted by Gasteiger charge is 2.18. The summed E-state index contributed by atoms with van der Waals surface area (Å²) in [4.78, 5) is 11.8. The summed E-state index contributed by atoms with van der Waals surface area (Å²) in [5.41, 5.74) is 0.213. The first-order chi connectivity index (χ1) is 18.3. The van der Waals surface area contributed by atoms with Crippen molar-refractivity contribution >= 4 is 5.97 Å². The smallest absolute Gasteiger partial charge is 0.306 e. The van der Waals surface area contributed by atoms with Gasteiger partial charge in [0, 0.05) is 6.42 Å². The van der Waals surface area contributed by atoms with Gasteiger partial charge in [0.1, 0.15) is 6.61 Å². The summed E-state index contributed by atoms with van der Waals surface area (Å²) in [7, 11) is 0. The third-order valence-electron chi connectivity index (χ3n) is 4.81. The van der Waals surface area contributed by atoms with Gasteiger partial charge in [0.15, 0.2) is 0 Å². The van der Waals surface area contributed by atoms with Crippen LogP contribution in [0.4, 0.5) is 0 Å². The van der Waals surface area contributed by atoms with E-state index in [1.165, 1.54) is 0 Å². The van der Waals surface area contributed by atoms with Crippen LogP contribution in [0.3, 0.4) is 0 Å². The van der Waals surface area contributed by atoms with E-state index in [2.05, 4.69) is 27.7 Å². The van der Waals surface area contributed by atoms with E-state index in [4.69, 9.17) is 47.7 Å². The van der Waals surface area contributed by atoms with Crippen LogP contribution in [0, 0.1) is 11.3 Å². The first-order valence-electron chi connectivity index (χ1n) is 13.7. The molecule has 1 atom stereocenters. The maximum Gasteiger partial charge on any atom is 0.306 e. The van der Waals surface area contributed by atoms with Crippen LogP contribution in [0.25, 0.3) is 0 Å². The molecule has 1 N–H and O–H groups in total. The number of hydrogen-bond acceptors (Lipinski definition) is 11. The average Bonchev–Trinajstić information content (AvgIpc) is 2.85. The number of hydrogen-bond donors (Lipinski definition) is 1. The van der Waals surface area contributed by atoms with Crippen LogP contribution in [-0.2, 0) is 47.4 Å². The van der Waals surface area contributed by atoms with Crippen molar-refractivity contribution in [1.82, 2.24) is 0 Å². The van der Waals surface area contributed by atoms with Gasteiger partial charge in [0.2, 0.25) is 0 Å². The van der Waals surface area contributed by atoms with E-state index < -0.39 is 0 Å². The summed E-state index contributed by atoms with van der Waals surface area (Å²) in [6, 6.07) is 0. The molecule has 0 aliphatic rings. The van der Waals surface area contributed by atoms with E-state index >= 15 is 0 Å². The highest BCUT2D eigenvalue weighted by atomic mass is 16.6. The van der Waals surface area contributed by atoms with Crippen molar-refractivity contribution in [2.45, 2.75) is 40.5 Å². The Morgan fingerprint density at radius 3 is 1.13 bits per heavy atom. The molecule has 38 heavy (non-hydrogen) atoms. The number of ether oxygens (including phenoxy) is 9. The van der Waals surface area contributed by atoms with Crippen molar-refractivity contribution in [3.8, 4) is 0 Å². The minimum atomic E-state index is -0.170. The first kappa shape index (κ1) is 37.1. The first-order valence-corrected chi connectivity index (χ1v) is 13.7. The van der Waals surface area contributed by atoms with Crippen molar-refractivity contribution in [3.63, 3.8) is 0 Å². The molecule has 0 aromatic rings. The maximum atomic E-state index is 11.8. The third-order valence-corrected chi connectivity index (χ3v) is 4.81. The number of aliphatic hydroxyl groups is 1. The number of carbonyl (C=O) groups is 1. The van der Waals surface area contributed by atoms with E-state index in [0.29, 0.717) is 118 Å². The predicted octanol–water partition coefficient (Wildman–Crippen LogP) is 2.12. The molecule has 0 saturated heterocycles. The third kappa shape index (κ3) is 31.3. The van der Waals surface area contributed by atoms with Gasteiger partial charge in [-0.15, -0.1) is 0 Å². The molecule has 0 rings (SSSR count). The number of esters is 1. The molecule has 11 heteroatoms. The van der Waals surface area contributed by atoms with Crippen molar-refractivity contribution in [2.75, 3.05) is 119 Å². The van der Waals surface area contributed by atoms with Crippen LogP contribution in [0.2, 0.25) is 0 Å². The molecule has 0 fully saturated rings. The Hall–Kier alpha value is -0.890. The Morgan fingerprint density at radius 1 is 0.553 bits per heavy atom. The lowest BCUT2D eigenvalue weighted by Gasteiger charge is -2.22. The molecule has 0 spiro atoms. The van der Waals surface area contributed by atoms with Gasteiger partial charge in [-0.3, -0.25) is 4.79 Å². The second kappa shape index (κ2) is 27.7. The highest BCUT2D eigenvalue weighted by molar-refractivity contribution is 5.69. The summed E-state index contributed by atoms with van der Waals surface area (Å²) in [6.45, 7) is 16.4. The zero-order valence-electron chi connectivity index (χ0n) is 24.2. The Labute approximate surface area is 229 Å². The molecule has 11 nitrogen and oxygen atoms in total. The van der Waals surface area contributed by atoms with E-state index in [9.17, 15) is 4.79 Å². The van der Waals surface area contributed by atoms with Gasteiger partial charge in [-0.25, -0.2) is 0 Å². The lowest BCUT2D eigenvalue weighted by Crippen LogP contribution is -2.18. The number of carbonyl (C=O) groups excluding carboxylic acids is 1. The van der Waals surface area contributed by atoms with Crippen molar-refractivity contribution in [2.24, 2.45) is 11.3 Å².